The number of benzene rings is 1. The molecule has 1 heterocycles. The molecule has 0 aliphatic heterocycles. The minimum Gasteiger partial charge on any atom is -0.480 e. The first-order valence-electron chi connectivity index (χ1n) is 6.63. The van der Waals surface area contributed by atoms with Gasteiger partial charge in [0.1, 0.15) is 5.69 Å². The van der Waals surface area contributed by atoms with Gasteiger partial charge in [0.15, 0.2) is 22.2 Å². The smallest absolute Gasteiger partial charge is 0.332 e. The normalized spacial score (nSPS) is 12.2. The number of anilines is 1. The van der Waals surface area contributed by atoms with Crippen molar-refractivity contribution >= 4 is 22.8 Å². The van der Waals surface area contributed by atoms with Crippen molar-refractivity contribution in [3.8, 4) is 0 Å². The lowest BCUT2D eigenvalue weighted by Gasteiger charge is -2.21. The molecule has 3 N–H and O–H groups in total. The number of hydrazine groups is 1. The predicted octanol–water partition coefficient (Wildman–Crippen LogP) is 0.803. The number of hydrogen-bond donors (Lipinski definition) is 2. The number of hydrogen-bond acceptors (Lipinski definition) is 7. The van der Waals surface area contributed by atoms with E-state index in [2.05, 4.69) is 10.4 Å². The van der Waals surface area contributed by atoms with Crippen LogP contribution in [0.4, 0.5) is 5.69 Å². The molecule has 1 aromatic heterocycles. The summed E-state index contributed by atoms with van der Waals surface area (Å²) in [4.78, 5) is 22.9. The molecule has 0 amide bonds. The number of carboxylic acid groups (broad SMARTS) is 1. The number of unbranched alkanes of at least 4 members (excludes halogenated alkanes) is 1. The van der Waals surface area contributed by atoms with Crippen LogP contribution in [0.3, 0.4) is 0 Å². The number of nitro groups is 1. The Hall–Kier alpha value is -2.75. The number of carbonyl (C=O) groups is 1. The van der Waals surface area contributed by atoms with Gasteiger partial charge in [0.2, 0.25) is 0 Å². The molecule has 0 radical (unpaired) electrons. The van der Waals surface area contributed by atoms with Gasteiger partial charge in [-0.15, -0.1) is 5.10 Å². The maximum absolute atomic E-state index is 11.5. The van der Waals surface area contributed by atoms with Gasteiger partial charge in [0.25, 0.3) is 0 Å². The third kappa shape index (κ3) is 3.11. The highest BCUT2D eigenvalue weighted by atomic mass is 16.7. The molecule has 10 heteroatoms. The van der Waals surface area contributed by atoms with E-state index in [4.69, 9.17) is 10.3 Å². The minimum atomic E-state index is -1.33. The van der Waals surface area contributed by atoms with Crippen molar-refractivity contribution in [3.05, 3.63) is 28.3 Å². The van der Waals surface area contributed by atoms with Gasteiger partial charge in [-0.25, -0.2) is 14.9 Å². The lowest BCUT2D eigenvalue weighted by Crippen LogP contribution is -2.45. The zero-order chi connectivity index (χ0) is 16.1. The van der Waals surface area contributed by atoms with Crippen molar-refractivity contribution in [1.29, 1.82) is 0 Å². The molecular formula is C12H15N5O5. The van der Waals surface area contributed by atoms with E-state index in [-0.39, 0.29) is 23.2 Å². The number of aliphatic carboxylic acids is 1. The van der Waals surface area contributed by atoms with Crippen LogP contribution >= 0.6 is 0 Å². The molecule has 118 valence electrons. The summed E-state index contributed by atoms with van der Waals surface area (Å²) in [5.74, 6) is -1.29. The van der Waals surface area contributed by atoms with Crippen LogP contribution in [-0.4, -0.2) is 39.1 Å². The number of rotatable bonds is 8. The predicted molar refractivity (Wildman–Crippen MR) is 75.6 cm³/mol. The van der Waals surface area contributed by atoms with Gasteiger partial charge in [-0.2, -0.15) is 0 Å². The first-order chi connectivity index (χ1) is 10.6. The summed E-state index contributed by atoms with van der Waals surface area (Å²) >= 11 is 0. The van der Waals surface area contributed by atoms with E-state index in [9.17, 15) is 20.0 Å². The molecule has 0 aliphatic rings. The molecule has 0 spiro atoms. The Morgan fingerprint density at radius 1 is 1.50 bits per heavy atom. The van der Waals surface area contributed by atoms with Gasteiger partial charge in [0.05, 0.1) is 0 Å². The summed E-state index contributed by atoms with van der Waals surface area (Å²) in [6.45, 7) is 0.396. The van der Waals surface area contributed by atoms with Crippen LogP contribution in [0.25, 0.3) is 11.1 Å². The number of nitrogens with zero attached hydrogens (tertiary/aromatic N) is 4. The molecule has 10 nitrogen and oxygen atoms in total. The summed E-state index contributed by atoms with van der Waals surface area (Å²) in [6.07, 6.45) is 1.14. The van der Waals surface area contributed by atoms with Gasteiger partial charge >= 0.3 is 5.97 Å². The number of carboxylic acids is 1. The molecule has 2 rings (SSSR count). The van der Waals surface area contributed by atoms with E-state index in [1.165, 1.54) is 12.1 Å². The van der Waals surface area contributed by atoms with Gasteiger partial charge in [0, 0.05) is 5.27 Å². The van der Waals surface area contributed by atoms with Crippen LogP contribution in [0.5, 0.6) is 0 Å². The highest BCUT2D eigenvalue weighted by Crippen LogP contribution is 2.27. The van der Waals surface area contributed by atoms with E-state index in [0.717, 1.165) is 0 Å². The van der Waals surface area contributed by atoms with E-state index < -0.39 is 17.0 Å². The van der Waals surface area contributed by atoms with Crippen LogP contribution in [0.1, 0.15) is 19.3 Å². The largest absolute Gasteiger partial charge is 0.480 e. The second-order valence-corrected chi connectivity index (χ2v) is 4.62. The van der Waals surface area contributed by atoms with Crippen LogP contribution in [0, 0.1) is 10.1 Å². The molecule has 0 bridgehead atoms. The maximum atomic E-state index is 11.5. The minimum absolute atomic E-state index is 0.0314. The number of aromatic nitrogens is 2. The lowest BCUT2D eigenvalue weighted by molar-refractivity contribution is -0.498. The summed E-state index contributed by atoms with van der Waals surface area (Å²) in [5.41, 5.74) is 5.79. The van der Waals surface area contributed by atoms with E-state index in [1.54, 1.807) is 6.07 Å². The molecule has 1 aromatic carbocycles. The van der Waals surface area contributed by atoms with Crippen molar-refractivity contribution in [2.24, 2.45) is 5.73 Å². The molecule has 0 saturated heterocycles. The fraction of sp³-hybridized carbons (Fsp3) is 0.417. The van der Waals surface area contributed by atoms with Crippen molar-refractivity contribution in [3.63, 3.8) is 0 Å². The Kier molecular flexibility index (Phi) is 4.84. The van der Waals surface area contributed by atoms with Crippen molar-refractivity contribution in [2.75, 3.05) is 11.6 Å². The van der Waals surface area contributed by atoms with Crippen molar-refractivity contribution in [2.45, 2.75) is 25.3 Å². The van der Waals surface area contributed by atoms with Crippen LogP contribution in [-0.2, 0) is 4.79 Å². The molecule has 1 atom stereocenters. The lowest BCUT2D eigenvalue weighted by atomic mass is 10.1. The zero-order valence-corrected chi connectivity index (χ0v) is 11.6. The SMILES string of the molecule is NCCCC[C@@H](C(=O)O)N(c1cccc2onnc12)[N+](=O)[O-]. The fourth-order valence-corrected chi connectivity index (χ4v) is 2.18. The van der Waals surface area contributed by atoms with E-state index >= 15 is 0 Å². The van der Waals surface area contributed by atoms with Gasteiger partial charge in [-0.1, -0.05) is 11.1 Å². The van der Waals surface area contributed by atoms with Crippen molar-refractivity contribution in [1.82, 2.24) is 10.4 Å². The van der Waals surface area contributed by atoms with Crippen molar-refractivity contribution < 1.29 is 19.5 Å². The topological polar surface area (TPSA) is 149 Å². The standard InChI is InChI=1S/C12H15N5O5/c13-7-2-1-4-9(12(18)19)16(17(20)21)8-5-3-6-10-11(8)14-15-22-10/h3,5-6,9H,1-2,4,7,13H2,(H,18,19)/t9-/m0/s1. The quantitative estimate of drug-likeness (QED) is 0.410. The molecule has 0 unspecified atom stereocenters. The molecular weight excluding hydrogens is 294 g/mol. The summed E-state index contributed by atoms with van der Waals surface area (Å²) in [5, 5.41) is 27.6. The maximum Gasteiger partial charge on any atom is 0.332 e. The molecule has 0 fully saturated rings. The summed E-state index contributed by atoms with van der Waals surface area (Å²) in [7, 11) is 0. The Morgan fingerprint density at radius 2 is 2.27 bits per heavy atom. The Labute approximate surface area is 124 Å². The first-order valence-corrected chi connectivity index (χ1v) is 6.63. The fourth-order valence-electron chi connectivity index (χ4n) is 2.18. The Balaban J connectivity index is 2.41. The average molecular weight is 309 g/mol. The molecule has 2 aromatic rings. The number of nitrogens with two attached hydrogens (primary N) is 1. The Bertz CT molecular complexity index is 673. The molecule has 0 aliphatic carbocycles. The van der Waals surface area contributed by atoms with Gasteiger partial charge < -0.3 is 15.4 Å². The zero-order valence-electron chi connectivity index (χ0n) is 11.6. The average Bonchev–Trinajstić information content (AvgIpc) is 2.94. The third-order valence-electron chi connectivity index (χ3n) is 3.19. The van der Waals surface area contributed by atoms with Crippen LogP contribution in [0.2, 0.25) is 0 Å². The highest BCUT2D eigenvalue weighted by Gasteiger charge is 2.36. The van der Waals surface area contributed by atoms with Crippen LogP contribution < -0.4 is 10.7 Å². The second-order valence-electron chi connectivity index (χ2n) is 4.62. The Morgan fingerprint density at radius 3 is 2.91 bits per heavy atom. The summed E-state index contributed by atoms with van der Waals surface area (Å²) < 4.78 is 4.85. The highest BCUT2D eigenvalue weighted by molar-refractivity contribution is 5.88. The monoisotopic (exact) mass is 309 g/mol. The molecule has 0 saturated carbocycles. The van der Waals surface area contributed by atoms with E-state index in [0.29, 0.717) is 24.4 Å². The number of fused-ring (bicyclic) bond motifs is 1. The molecule has 22 heavy (non-hydrogen) atoms. The third-order valence-corrected chi connectivity index (χ3v) is 3.19. The second kappa shape index (κ2) is 6.80. The van der Waals surface area contributed by atoms with E-state index in [1.807, 2.05) is 0 Å². The van der Waals surface area contributed by atoms with Gasteiger partial charge in [-0.05, 0) is 37.9 Å². The summed E-state index contributed by atoms with van der Waals surface area (Å²) in [6, 6.07) is 3.14. The van der Waals surface area contributed by atoms with Crippen LogP contribution in [0.15, 0.2) is 22.7 Å². The van der Waals surface area contributed by atoms with Gasteiger partial charge in [-0.3, -0.25) is 0 Å². The first kappa shape index (κ1) is 15.6.